The van der Waals surface area contributed by atoms with Gasteiger partial charge in [-0.1, -0.05) is 25.1 Å². The molecule has 6 heteroatoms. The predicted molar refractivity (Wildman–Crippen MR) is 99.6 cm³/mol. The molecule has 0 bridgehead atoms. The fourth-order valence-corrected chi connectivity index (χ4v) is 3.74. The van der Waals surface area contributed by atoms with E-state index in [1.165, 1.54) is 6.07 Å². The second-order valence-electron chi connectivity index (χ2n) is 6.91. The lowest BCUT2D eigenvalue weighted by Gasteiger charge is -2.39. The zero-order chi connectivity index (χ0) is 19.4. The number of nitrogens with zero attached hydrogens (tertiary/aromatic N) is 2. The number of carboxylic acid groups (broad SMARTS) is 1. The average Bonchev–Trinajstić information content (AvgIpc) is 2.65. The summed E-state index contributed by atoms with van der Waals surface area (Å²) in [4.78, 5) is 15.6. The molecule has 0 amide bonds. The summed E-state index contributed by atoms with van der Waals surface area (Å²) in [6.07, 6.45) is 0.753. The van der Waals surface area contributed by atoms with E-state index >= 15 is 0 Å². The highest BCUT2D eigenvalue weighted by atomic mass is 19.1. The lowest BCUT2D eigenvalue weighted by atomic mass is 10.0. The SMILES string of the molecule is CCC(c1ccc(F)cc1F)N1CCN(Cc2cccc(C(=O)O)c2)CC1. The van der Waals surface area contributed by atoms with Crippen molar-refractivity contribution in [1.29, 1.82) is 0 Å². The molecule has 0 saturated carbocycles. The topological polar surface area (TPSA) is 43.8 Å². The third-order valence-electron chi connectivity index (χ3n) is 5.14. The fraction of sp³-hybridized carbons (Fsp3) is 0.381. The van der Waals surface area contributed by atoms with Gasteiger partial charge in [-0.25, -0.2) is 13.6 Å². The Morgan fingerprint density at radius 2 is 1.85 bits per heavy atom. The standard InChI is InChI=1S/C21H24F2N2O2/c1-2-20(18-7-6-17(22)13-19(18)23)25-10-8-24(9-11-25)14-15-4-3-5-16(12-15)21(26)27/h3-7,12-13,20H,2,8-11,14H2,1H3,(H,26,27). The van der Waals surface area contributed by atoms with Crippen LogP contribution in [0.15, 0.2) is 42.5 Å². The Balaban J connectivity index is 1.62. The number of hydrogen-bond acceptors (Lipinski definition) is 3. The molecule has 2 aromatic rings. The second-order valence-corrected chi connectivity index (χ2v) is 6.91. The van der Waals surface area contributed by atoms with E-state index in [1.54, 1.807) is 24.3 Å². The van der Waals surface area contributed by atoms with Gasteiger partial charge in [-0.2, -0.15) is 0 Å². The molecule has 1 N–H and O–H groups in total. The highest BCUT2D eigenvalue weighted by Crippen LogP contribution is 2.28. The zero-order valence-electron chi connectivity index (χ0n) is 15.4. The molecule has 1 heterocycles. The number of piperazine rings is 1. The van der Waals surface area contributed by atoms with Crippen LogP contribution in [0.25, 0.3) is 0 Å². The molecule has 1 fully saturated rings. The van der Waals surface area contributed by atoms with Gasteiger partial charge in [0.25, 0.3) is 0 Å². The number of aromatic carboxylic acids is 1. The molecule has 1 aliphatic rings. The van der Waals surface area contributed by atoms with E-state index in [9.17, 15) is 13.6 Å². The van der Waals surface area contributed by atoms with Crippen molar-refractivity contribution in [1.82, 2.24) is 9.80 Å². The lowest BCUT2D eigenvalue weighted by molar-refractivity contribution is 0.0696. The van der Waals surface area contributed by atoms with Crippen LogP contribution in [-0.2, 0) is 6.54 Å². The molecule has 0 aliphatic carbocycles. The molecular formula is C21H24F2N2O2. The second kappa shape index (κ2) is 8.59. The predicted octanol–water partition coefficient (Wildman–Crippen LogP) is 3.93. The van der Waals surface area contributed by atoms with Crippen LogP contribution in [0.5, 0.6) is 0 Å². The van der Waals surface area contributed by atoms with E-state index in [2.05, 4.69) is 9.80 Å². The first kappa shape index (κ1) is 19.5. The first-order valence-corrected chi connectivity index (χ1v) is 9.21. The van der Waals surface area contributed by atoms with Crippen LogP contribution in [0.4, 0.5) is 8.78 Å². The molecule has 0 spiro atoms. The average molecular weight is 374 g/mol. The van der Waals surface area contributed by atoms with Crippen LogP contribution in [0.1, 0.15) is 40.9 Å². The van der Waals surface area contributed by atoms with E-state index in [1.807, 2.05) is 13.0 Å². The molecule has 3 rings (SSSR count). The van der Waals surface area contributed by atoms with Crippen molar-refractivity contribution < 1.29 is 18.7 Å². The van der Waals surface area contributed by atoms with E-state index < -0.39 is 17.6 Å². The van der Waals surface area contributed by atoms with Crippen LogP contribution >= 0.6 is 0 Å². The quantitative estimate of drug-likeness (QED) is 0.832. The van der Waals surface area contributed by atoms with Gasteiger partial charge >= 0.3 is 5.97 Å². The first-order valence-electron chi connectivity index (χ1n) is 9.21. The smallest absolute Gasteiger partial charge is 0.335 e. The normalized spacial score (nSPS) is 17.0. The van der Waals surface area contributed by atoms with Crippen molar-refractivity contribution in [2.75, 3.05) is 26.2 Å². The Morgan fingerprint density at radius 3 is 2.48 bits per heavy atom. The number of carbonyl (C=O) groups is 1. The third-order valence-corrected chi connectivity index (χ3v) is 5.14. The molecule has 2 aromatic carbocycles. The van der Waals surface area contributed by atoms with Crippen molar-refractivity contribution in [3.8, 4) is 0 Å². The van der Waals surface area contributed by atoms with Gasteiger partial charge in [0.2, 0.25) is 0 Å². The first-order chi connectivity index (χ1) is 13.0. The fourth-order valence-electron chi connectivity index (χ4n) is 3.74. The van der Waals surface area contributed by atoms with Gasteiger partial charge in [-0.3, -0.25) is 9.80 Å². The Kier molecular flexibility index (Phi) is 6.19. The Labute approximate surface area is 158 Å². The Hall–Kier alpha value is -2.31. The van der Waals surface area contributed by atoms with Crippen molar-refractivity contribution in [3.05, 3.63) is 70.8 Å². The van der Waals surface area contributed by atoms with Crippen LogP contribution in [0.3, 0.4) is 0 Å². The zero-order valence-corrected chi connectivity index (χ0v) is 15.4. The number of halogens is 2. The molecular weight excluding hydrogens is 350 g/mol. The lowest BCUT2D eigenvalue weighted by Crippen LogP contribution is -2.47. The van der Waals surface area contributed by atoms with Crippen LogP contribution in [0.2, 0.25) is 0 Å². The minimum absolute atomic E-state index is 0.0666. The monoisotopic (exact) mass is 374 g/mol. The van der Waals surface area contributed by atoms with Gasteiger partial charge in [0.05, 0.1) is 5.56 Å². The summed E-state index contributed by atoms with van der Waals surface area (Å²) in [5, 5.41) is 9.11. The number of hydrogen-bond donors (Lipinski definition) is 1. The summed E-state index contributed by atoms with van der Waals surface area (Å²) in [6.45, 7) is 5.91. The molecule has 0 aromatic heterocycles. The summed E-state index contributed by atoms with van der Waals surface area (Å²) < 4.78 is 27.4. The summed E-state index contributed by atoms with van der Waals surface area (Å²) in [7, 11) is 0. The van der Waals surface area contributed by atoms with Crippen molar-refractivity contribution in [2.24, 2.45) is 0 Å². The minimum Gasteiger partial charge on any atom is -0.478 e. The molecule has 1 atom stereocenters. The van der Waals surface area contributed by atoms with Crippen molar-refractivity contribution >= 4 is 5.97 Å². The van der Waals surface area contributed by atoms with E-state index in [-0.39, 0.29) is 6.04 Å². The van der Waals surface area contributed by atoms with Crippen molar-refractivity contribution in [2.45, 2.75) is 25.9 Å². The number of rotatable bonds is 6. The highest BCUT2D eigenvalue weighted by Gasteiger charge is 2.26. The summed E-state index contributed by atoms with van der Waals surface area (Å²) in [5.41, 5.74) is 1.81. The van der Waals surface area contributed by atoms with Gasteiger partial charge in [0, 0.05) is 50.4 Å². The van der Waals surface area contributed by atoms with Gasteiger partial charge in [-0.05, 0) is 30.2 Å². The number of carboxylic acids is 1. The molecule has 1 aliphatic heterocycles. The molecule has 1 saturated heterocycles. The van der Waals surface area contributed by atoms with Gasteiger partial charge in [-0.15, -0.1) is 0 Å². The number of benzene rings is 2. The van der Waals surface area contributed by atoms with E-state index in [0.717, 1.165) is 44.2 Å². The van der Waals surface area contributed by atoms with E-state index in [4.69, 9.17) is 5.11 Å². The molecule has 144 valence electrons. The Morgan fingerprint density at radius 1 is 1.11 bits per heavy atom. The van der Waals surface area contributed by atoms with E-state index in [0.29, 0.717) is 17.7 Å². The maximum Gasteiger partial charge on any atom is 0.335 e. The largest absolute Gasteiger partial charge is 0.478 e. The third kappa shape index (κ3) is 4.70. The van der Waals surface area contributed by atoms with Gasteiger partial charge < -0.3 is 5.11 Å². The van der Waals surface area contributed by atoms with Gasteiger partial charge in [0.15, 0.2) is 0 Å². The highest BCUT2D eigenvalue weighted by molar-refractivity contribution is 5.87. The Bertz CT molecular complexity index is 805. The van der Waals surface area contributed by atoms with Crippen molar-refractivity contribution in [3.63, 3.8) is 0 Å². The summed E-state index contributed by atoms with van der Waals surface area (Å²) >= 11 is 0. The minimum atomic E-state index is -0.922. The summed E-state index contributed by atoms with van der Waals surface area (Å²) in [6, 6.07) is 10.7. The molecule has 1 unspecified atom stereocenters. The molecule has 0 radical (unpaired) electrons. The van der Waals surface area contributed by atoms with Crippen LogP contribution < -0.4 is 0 Å². The maximum absolute atomic E-state index is 14.2. The van der Waals surface area contributed by atoms with Gasteiger partial charge in [0.1, 0.15) is 11.6 Å². The molecule has 27 heavy (non-hydrogen) atoms. The summed E-state index contributed by atoms with van der Waals surface area (Å²) in [5.74, 6) is -1.97. The molecule has 4 nitrogen and oxygen atoms in total. The van der Waals surface area contributed by atoms with Crippen LogP contribution in [-0.4, -0.2) is 47.1 Å². The van der Waals surface area contributed by atoms with Crippen LogP contribution in [0, 0.1) is 11.6 Å². The maximum atomic E-state index is 14.2.